The van der Waals surface area contributed by atoms with E-state index in [2.05, 4.69) is 15.0 Å². The normalized spacial score (nSPS) is 24.7. The van der Waals surface area contributed by atoms with Gasteiger partial charge in [0, 0.05) is 39.3 Å². The molecule has 9 heteroatoms. The van der Waals surface area contributed by atoms with Crippen molar-refractivity contribution in [2.45, 2.75) is 17.8 Å². The molecule has 2 rings (SSSR count). The van der Waals surface area contributed by atoms with Gasteiger partial charge in [0.2, 0.25) is 6.10 Å². The highest BCUT2D eigenvalue weighted by Crippen LogP contribution is 2.30. The fourth-order valence-electron chi connectivity index (χ4n) is 2.64. The van der Waals surface area contributed by atoms with Crippen LogP contribution in [0.3, 0.4) is 0 Å². The van der Waals surface area contributed by atoms with Crippen molar-refractivity contribution in [2.24, 2.45) is 0 Å². The monoisotopic (exact) mass is 306 g/mol. The van der Waals surface area contributed by atoms with Crippen molar-refractivity contribution in [3.05, 3.63) is 0 Å². The largest absolute Gasteiger partial charge is 0.490 e. The first-order valence-corrected chi connectivity index (χ1v) is 6.61. The van der Waals surface area contributed by atoms with Gasteiger partial charge in [-0.2, -0.15) is 18.4 Å². The number of carbonyl (C=O) groups is 1. The van der Waals surface area contributed by atoms with Gasteiger partial charge in [-0.1, -0.05) is 0 Å². The molecule has 2 heterocycles. The molecule has 0 aromatic heterocycles. The van der Waals surface area contributed by atoms with E-state index in [1.807, 2.05) is 11.9 Å². The molecule has 21 heavy (non-hydrogen) atoms. The van der Waals surface area contributed by atoms with Crippen LogP contribution in [0.15, 0.2) is 0 Å². The zero-order valence-corrected chi connectivity index (χ0v) is 11.6. The Labute approximate surface area is 120 Å². The second-order valence-electron chi connectivity index (χ2n) is 5.41. The lowest BCUT2D eigenvalue weighted by Gasteiger charge is -2.54. The van der Waals surface area contributed by atoms with Gasteiger partial charge in [-0.3, -0.25) is 4.90 Å². The summed E-state index contributed by atoms with van der Waals surface area (Å²) in [5.74, 6) is -2.31. The highest BCUT2D eigenvalue weighted by molar-refractivity contribution is 5.76. The Balaban J connectivity index is 2.11. The number of likely N-dealkylation sites (N-methyl/N-ethyl adjacent to an activating group) is 1. The second-order valence-corrected chi connectivity index (χ2v) is 5.41. The van der Waals surface area contributed by atoms with Crippen LogP contribution in [-0.2, 0) is 9.53 Å². The summed E-state index contributed by atoms with van der Waals surface area (Å²) in [6.07, 6.45) is -6.52. The molecule has 118 valence electrons. The maximum atomic E-state index is 12.3. The number of esters is 1. The van der Waals surface area contributed by atoms with E-state index in [0.717, 1.165) is 13.1 Å². The van der Waals surface area contributed by atoms with E-state index in [4.69, 9.17) is 5.26 Å². The topological polar surface area (TPSA) is 68.6 Å². The summed E-state index contributed by atoms with van der Waals surface area (Å²) in [7, 11) is 1.95. The maximum absolute atomic E-state index is 12.3. The van der Waals surface area contributed by atoms with Crippen LogP contribution >= 0.6 is 0 Å². The van der Waals surface area contributed by atoms with E-state index in [1.165, 1.54) is 0 Å². The fourth-order valence-corrected chi connectivity index (χ4v) is 2.64. The minimum atomic E-state index is -5.09. The van der Waals surface area contributed by atoms with Gasteiger partial charge in [-0.25, -0.2) is 4.79 Å². The molecule has 0 saturated carbocycles. The van der Waals surface area contributed by atoms with Crippen molar-refractivity contribution in [1.82, 2.24) is 15.1 Å². The lowest BCUT2D eigenvalue weighted by molar-refractivity contribution is -0.210. The summed E-state index contributed by atoms with van der Waals surface area (Å²) in [4.78, 5) is 15.1. The minimum Gasteiger partial charge on any atom is -0.438 e. The Morgan fingerprint density at radius 3 is 2.29 bits per heavy atom. The van der Waals surface area contributed by atoms with Gasteiger partial charge in [-0.05, 0) is 7.05 Å². The molecule has 0 radical (unpaired) electrons. The van der Waals surface area contributed by atoms with Gasteiger partial charge >= 0.3 is 12.1 Å². The van der Waals surface area contributed by atoms with Gasteiger partial charge in [-0.15, -0.1) is 0 Å². The Kier molecular flexibility index (Phi) is 4.41. The van der Waals surface area contributed by atoms with Gasteiger partial charge in [0.25, 0.3) is 0 Å². The van der Waals surface area contributed by atoms with Crippen molar-refractivity contribution in [1.29, 1.82) is 5.26 Å². The Morgan fingerprint density at radius 2 is 1.90 bits per heavy atom. The molecular weight excluding hydrogens is 289 g/mol. The third-order valence-corrected chi connectivity index (χ3v) is 4.06. The molecule has 1 unspecified atom stereocenters. The smallest absolute Gasteiger partial charge is 0.438 e. The second kappa shape index (κ2) is 5.79. The highest BCUT2D eigenvalue weighted by Gasteiger charge is 2.54. The number of nitrogens with one attached hydrogen (secondary N) is 1. The van der Waals surface area contributed by atoms with E-state index in [0.29, 0.717) is 26.2 Å². The molecule has 0 spiro atoms. The van der Waals surface area contributed by atoms with Gasteiger partial charge in [0.1, 0.15) is 6.07 Å². The van der Waals surface area contributed by atoms with Crippen molar-refractivity contribution in [3.63, 3.8) is 0 Å². The Bertz CT molecular complexity index is 437. The lowest BCUT2D eigenvalue weighted by Crippen LogP contribution is -2.76. The molecule has 0 aromatic rings. The van der Waals surface area contributed by atoms with Crippen molar-refractivity contribution >= 4 is 5.97 Å². The Hall–Kier alpha value is -1.37. The van der Waals surface area contributed by atoms with E-state index in [9.17, 15) is 18.0 Å². The van der Waals surface area contributed by atoms with E-state index in [1.54, 1.807) is 6.07 Å². The Morgan fingerprint density at radius 1 is 1.33 bits per heavy atom. The predicted molar refractivity (Wildman–Crippen MR) is 66.2 cm³/mol. The molecule has 0 aromatic carbocycles. The molecule has 1 atom stereocenters. The zero-order chi connectivity index (χ0) is 15.7. The third kappa shape index (κ3) is 3.12. The maximum Gasteiger partial charge on any atom is 0.490 e. The summed E-state index contributed by atoms with van der Waals surface area (Å²) in [6, 6.07) is 1.72. The first kappa shape index (κ1) is 16.0. The summed E-state index contributed by atoms with van der Waals surface area (Å²) in [5.41, 5.74) is -0.864. The molecule has 0 bridgehead atoms. The van der Waals surface area contributed by atoms with E-state index in [-0.39, 0.29) is 0 Å². The number of nitriles is 1. The SMILES string of the molecule is CN1CCN(C2(C(C#N)OC(=O)C(F)(F)F)CNC2)CC1. The number of alkyl halides is 3. The number of hydrogen-bond donors (Lipinski definition) is 1. The molecule has 2 fully saturated rings. The number of carbonyl (C=O) groups excluding carboxylic acids is 1. The quantitative estimate of drug-likeness (QED) is 0.714. The van der Waals surface area contributed by atoms with Crippen LogP contribution in [0.4, 0.5) is 13.2 Å². The van der Waals surface area contributed by atoms with Gasteiger partial charge in [0.05, 0.1) is 5.54 Å². The summed E-state index contributed by atoms with van der Waals surface area (Å²) in [6.45, 7) is 3.43. The highest BCUT2D eigenvalue weighted by atomic mass is 19.4. The van der Waals surface area contributed by atoms with Crippen LogP contribution in [0.25, 0.3) is 0 Å². The first-order valence-electron chi connectivity index (χ1n) is 6.61. The molecule has 2 aliphatic heterocycles. The van der Waals surface area contributed by atoms with Crippen LogP contribution in [0.1, 0.15) is 0 Å². The number of piperazine rings is 1. The summed E-state index contributed by atoms with van der Waals surface area (Å²) < 4.78 is 41.4. The van der Waals surface area contributed by atoms with Gasteiger partial charge in [0.15, 0.2) is 0 Å². The van der Waals surface area contributed by atoms with Crippen LogP contribution in [0.2, 0.25) is 0 Å². The van der Waals surface area contributed by atoms with Crippen LogP contribution < -0.4 is 5.32 Å². The number of nitrogens with zero attached hydrogens (tertiary/aromatic N) is 3. The molecule has 1 N–H and O–H groups in total. The van der Waals surface area contributed by atoms with Crippen molar-refractivity contribution in [3.8, 4) is 6.07 Å². The number of ether oxygens (including phenoxy) is 1. The lowest BCUT2D eigenvalue weighted by atomic mass is 9.83. The predicted octanol–water partition coefficient (Wildman–Crippen LogP) is -0.427. The number of halogens is 3. The molecule has 2 aliphatic rings. The molecule has 0 amide bonds. The molecular formula is C12H17F3N4O2. The third-order valence-electron chi connectivity index (χ3n) is 4.06. The minimum absolute atomic E-state index is 0.333. The summed E-state index contributed by atoms with van der Waals surface area (Å²) >= 11 is 0. The van der Waals surface area contributed by atoms with E-state index >= 15 is 0 Å². The average Bonchev–Trinajstić information content (AvgIpc) is 2.37. The van der Waals surface area contributed by atoms with Crippen molar-refractivity contribution < 1.29 is 22.7 Å². The summed E-state index contributed by atoms with van der Waals surface area (Å²) in [5, 5.41) is 12.1. The van der Waals surface area contributed by atoms with Crippen molar-refractivity contribution in [2.75, 3.05) is 46.3 Å². The first-order chi connectivity index (χ1) is 9.79. The molecule has 0 aliphatic carbocycles. The standard InChI is InChI=1S/C12H17F3N4O2/c1-18-2-4-19(5-3-18)11(7-17-8-11)9(6-16)21-10(20)12(13,14)15/h9,17H,2-5,7-8H2,1H3. The fraction of sp³-hybridized carbons (Fsp3) is 0.833. The van der Waals surface area contributed by atoms with Gasteiger partial charge < -0.3 is 15.0 Å². The van der Waals surface area contributed by atoms with E-state index < -0.39 is 23.8 Å². The van der Waals surface area contributed by atoms with Crippen LogP contribution in [0.5, 0.6) is 0 Å². The zero-order valence-electron chi connectivity index (χ0n) is 11.6. The average molecular weight is 306 g/mol. The van der Waals surface area contributed by atoms with Crippen LogP contribution in [-0.4, -0.2) is 79.9 Å². The molecule has 6 nitrogen and oxygen atoms in total. The number of rotatable bonds is 3. The van der Waals surface area contributed by atoms with Crippen LogP contribution in [0, 0.1) is 11.3 Å². The number of hydrogen-bond acceptors (Lipinski definition) is 6. The molecule has 2 saturated heterocycles.